The van der Waals surface area contributed by atoms with Crippen molar-refractivity contribution in [3.8, 4) is 22.6 Å². The average molecular weight is 570 g/mol. The maximum Gasteiger partial charge on any atom is 0.397 e. The van der Waals surface area contributed by atoms with Crippen LogP contribution in [0.4, 0.5) is 24.9 Å². The van der Waals surface area contributed by atoms with Gasteiger partial charge in [-0.2, -0.15) is 13.2 Å². The van der Waals surface area contributed by atoms with Crippen molar-refractivity contribution in [3.63, 3.8) is 0 Å². The Bertz CT molecular complexity index is 1530. The smallest absolute Gasteiger partial charge is 0.397 e. The maximum absolute atomic E-state index is 12.9. The van der Waals surface area contributed by atoms with Crippen molar-refractivity contribution in [1.29, 1.82) is 0 Å². The number of halogens is 3. The second kappa shape index (κ2) is 12.0. The number of hydrogen-bond acceptors (Lipinski definition) is 8. The number of carbonyl (C=O) groups excluding carboxylic acids is 1. The lowest BCUT2D eigenvalue weighted by molar-refractivity contribution is -0.163. The molecule has 1 atom stereocenters. The second-order valence-electron chi connectivity index (χ2n) is 9.55. The van der Waals surface area contributed by atoms with Crippen molar-refractivity contribution in [2.75, 3.05) is 38.7 Å². The second-order valence-corrected chi connectivity index (χ2v) is 9.55. The van der Waals surface area contributed by atoms with Gasteiger partial charge in [-0.25, -0.2) is 9.97 Å². The van der Waals surface area contributed by atoms with Crippen LogP contribution in [0.5, 0.6) is 11.5 Å². The zero-order valence-electron chi connectivity index (χ0n) is 22.6. The van der Waals surface area contributed by atoms with E-state index in [2.05, 4.69) is 25.6 Å². The number of nitrogens with zero attached hydrogens (tertiary/aromatic N) is 4. The number of benzene rings is 1. The van der Waals surface area contributed by atoms with Crippen LogP contribution in [0.1, 0.15) is 18.9 Å². The quantitative estimate of drug-likeness (QED) is 0.271. The molecule has 4 aromatic rings. The predicted molar refractivity (Wildman–Crippen MR) is 147 cm³/mol. The number of rotatable bonds is 9. The molecule has 1 saturated heterocycles. The van der Waals surface area contributed by atoms with Crippen molar-refractivity contribution in [1.82, 2.24) is 30.2 Å². The number of amides is 1. The molecule has 41 heavy (non-hydrogen) atoms. The molecule has 0 radical (unpaired) electrons. The van der Waals surface area contributed by atoms with E-state index in [9.17, 15) is 18.0 Å². The fraction of sp³-hybridized carbons (Fsp3) is 0.357. The first-order chi connectivity index (χ1) is 19.8. The molecule has 3 N–H and O–H groups in total. The van der Waals surface area contributed by atoms with E-state index in [1.807, 2.05) is 25.1 Å². The number of piperazine rings is 1. The first kappa shape index (κ1) is 28.1. The van der Waals surface area contributed by atoms with Crippen LogP contribution in [0.2, 0.25) is 0 Å². The molecule has 5 rings (SSSR count). The largest absolute Gasteiger partial charge is 0.494 e. The number of anilines is 2. The highest BCUT2D eigenvalue weighted by atomic mass is 19.4. The van der Waals surface area contributed by atoms with E-state index >= 15 is 0 Å². The summed E-state index contributed by atoms with van der Waals surface area (Å²) in [6.07, 6.45) is -0.696. The molecule has 0 saturated carbocycles. The Kier molecular flexibility index (Phi) is 8.24. The van der Waals surface area contributed by atoms with E-state index in [0.29, 0.717) is 54.9 Å². The molecular weight excluding hydrogens is 539 g/mol. The Labute approximate surface area is 234 Å². The number of fused-ring (bicyclic) bond motifs is 1. The number of aromatic nitrogens is 4. The number of hydrogen-bond donors (Lipinski definition) is 3. The van der Waals surface area contributed by atoms with Gasteiger partial charge in [-0.05, 0) is 49.2 Å². The molecular formula is C28H30F3N7O3. The SMILES string of the molecule is CCOc1c(-c2ccncc2OC)ccc2[nH]c(Nc3cc(CC4CNCCN4C(=O)CC(F)(F)F)ccn3)nc12. The van der Waals surface area contributed by atoms with Crippen molar-refractivity contribution in [3.05, 3.63) is 54.5 Å². The number of ether oxygens (including phenoxy) is 2. The van der Waals surface area contributed by atoms with Crippen molar-refractivity contribution in [2.45, 2.75) is 32.0 Å². The summed E-state index contributed by atoms with van der Waals surface area (Å²) in [4.78, 5) is 30.1. The third-order valence-electron chi connectivity index (χ3n) is 6.76. The molecule has 1 aliphatic rings. The van der Waals surface area contributed by atoms with Crippen molar-refractivity contribution in [2.24, 2.45) is 0 Å². The van der Waals surface area contributed by atoms with E-state index in [1.54, 1.807) is 37.8 Å². The lowest BCUT2D eigenvalue weighted by Crippen LogP contribution is -2.55. The number of aromatic amines is 1. The van der Waals surface area contributed by atoms with Gasteiger partial charge in [0, 0.05) is 49.2 Å². The monoisotopic (exact) mass is 569 g/mol. The van der Waals surface area contributed by atoms with E-state index in [0.717, 1.165) is 22.2 Å². The molecule has 1 aliphatic heterocycles. The van der Waals surface area contributed by atoms with E-state index in [-0.39, 0.29) is 6.54 Å². The zero-order chi connectivity index (χ0) is 29.0. The molecule has 10 nitrogen and oxygen atoms in total. The highest BCUT2D eigenvalue weighted by Gasteiger charge is 2.36. The first-order valence-electron chi connectivity index (χ1n) is 13.2. The average Bonchev–Trinajstić information content (AvgIpc) is 3.36. The minimum absolute atomic E-state index is 0.226. The standard InChI is InChI=1S/C28H30F3N7O3/c1-3-41-26-20(19-7-8-32-16-22(19)40-2)4-5-21-25(26)37-27(35-21)36-23-13-17(6-9-34-23)12-18-15-33-10-11-38(18)24(39)14-28(29,30)31/h4-9,13,16,18,33H,3,10-12,14-15H2,1-2H3,(H2,34,35,36,37). The van der Waals surface area contributed by atoms with Crippen LogP contribution in [0, 0.1) is 0 Å². The molecule has 1 aromatic carbocycles. The molecule has 3 aromatic heterocycles. The topological polar surface area (TPSA) is 117 Å². The number of carbonyl (C=O) groups is 1. The summed E-state index contributed by atoms with van der Waals surface area (Å²) in [5.41, 5.74) is 3.81. The molecule has 1 amide bonds. The number of pyridine rings is 2. The molecule has 1 fully saturated rings. The highest BCUT2D eigenvalue weighted by Crippen LogP contribution is 2.40. The van der Waals surface area contributed by atoms with Crippen LogP contribution < -0.4 is 20.1 Å². The van der Waals surface area contributed by atoms with Gasteiger partial charge in [0.25, 0.3) is 0 Å². The lowest BCUT2D eigenvalue weighted by atomic mass is 10.0. The lowest BCUT2D eigenvalue weighted by Gasteiger charge is -2.36. The van der Waals surface area contributed by atoms with E-state index in [1.165, 1.54) is 4.90 Å². The van der Waals surface area contributed by atoms with Crippen LogP contribution >= 0.6 is 0 Å². The highest BCUT2D eigenvalue weighted by molar-refractivity contribution is 5.93. The molecule has 0 spiro atoms. The normalized spacial score (nSPS) is 15.6. The van der Waals surface area contributed by atoms with Crippen LogP contribution in [0.15, 0.2) is 48.9 Å². The molecule has 4 heterocycles. The van der Waals surface area contributed by atoms with Crippen LogP contribution in [-0.2, 0) is 11.2 Å². The molecule has 13 heteroatoms. The molecule has 216 valence electrons. The van der Waals surface area contributed by atoms with Crippen molar-refractivity contribution < 1.29 is 27.4 Å². The summed E-state index contributed by atoms with van der Waals surface area (Å²) in [6, 6.07) is 8.85. The van der Waals surface area contributed by atoms with Gasteiger partial charge in [0.2, 0.25) is 11.9 Å². The van der Waals surface area contributed by atoms with Crippen molar-refractivity contribution >= 4 is 28.7 Å². The van der Waals surface area contributed by atoms with Gasteiger partial charge in [-0.3, -0.25) is 9.78 Å². The Morgan fingerprint density at radius 3 is 2.83 bits per heavy atom. The number of alkyl halides is 3. The van der Waals surface area contributed by atoms with Crippen LogP contribution in [0.25, 0.3) is 22.2 Å². The van der Waals surface area contributed by atoms with E-state index < -0.39 is 24.5 Å². The van der Waals surface area contributed by atoms with Gasteiger partial charge in [0.15, 0.2) is 5.75 Å². The zero-order valence-corrected chi connectivity index (χ0v) is 22.6. The Hall–Kier alpha value is -4.39. The van der Waals surface area contributed by atoms with Crippen LogP contribution in [-0.4, -0.2) is 76.3 Å². The fourth-order valence-electron chi connectivity index (χ4n) is 4.98. The minimum Gasteiger partial charge on any atom is -0.494 e. The minimum atomic E-state index is -4.54. The Balaban J connectivity index is 1.38. The first-order valence-corrected chi connectivity index (χ1v) is 13.2. The summed E-state index contributed by atoms with van der Waals surface area (Å²) in [5, 5.41) is 6.34. The van der Waals surface area contributed by atoms with Gasteiger partial charge < -0.3 is 30.0 Å². The third kappa shape index (κ3) is 6.51. The molecule has 1 unspecified atom stereocenters. The Morgan fingerprint density at radius 2 is 2.05 bits per heavy atom. The Morgan fingerprint density at radius 1 is 1.20 bits per heavy atom. The van der Waals surface area contributed by atoms with Gasteiger partial charge in [0.1, 0.15) is 23.5 Å². The number of nitrogens with one attached hydrogen (secondary N) is 3. The van der Waals surface area contributed by atoms with Gasteiger partial charge >= 0.3 is 6.18 Å². The number of methoxy groups -OCH3 is 1. The van der Waals surface area contributed by atoms with Gasteiger partial charge in [0.05, 0.1) is 25.4 Å². The van der Waals surface area contributed by atoms with E-state index in [4.69, 9.17) is 14.5 Å². The maximum atomic E-state index is 12.9. The molecule has 0 bridgehead atoms. The van der Waals surface area contributed by atoms with Crippen LogP contribution in [0.3, 0.4) is 0 Å². The summed E-state index contributed by atoms with van der Waals surface area (Å²) in [6.45, 7) is 3.41. The predicted octanol–water partition coefficient (Wildman–Crippen LogP) is 4.47. The fourth-order valence-corrected chi connectivity index (χ4v) is 4.98. The van der Waals surface area contributed by atoms with Gasteiger partial charge in [-0.15, -0.1) is 0 Å². The summed E-state index contributed by atoms with van der Waals surface area (Å²) in [7, 11) is 1.58. The summed E-state index contributed by atoms with van der Waals surface area (Å²) in [5.74, 6) is 1.22. The molecule has 0 aliphatic carbocycles. The summed E-state index contributed by atoms with van der Waals surface area (Å²) < 4.78 is 50.1. The number of imidazole rings is 1. The summed E-state index contributed by atoms with van der Waals surface area (Å²) >= 11 is 0. The number of H-pyrrole nitrogens is 1. The third-order valence-corrected chi connectivity index (χ3v) is 6.76. The van der Waals surface area contributed by atoms with Gasteiger partial charge in [-0.1, -0.05) is 0 Å².